The maximum atomic E-state index is 14.7. The minimum atomic E-state index is -0.384. The van der Waals surface area contributed by atoms with E-state index in [0.29, 0.717) is 47.1 Å². The molecule has 0 fully saturated rings. The number of rotatable bonds is 9. The smallest absolute Gasteiger partial charge is 0.255 e. The maximum absolute atomic E-state index is 14.7. The van der Waals surface area contributed by atoms with Gasteiger partial charge in [-0.05, 0) is 73.8 Å². The van der Waals surface area contributed by atoms with Crippen molar-refractivity contribution in [3.63, 3.8) is 0 Å². The number of ether oxygens (including phenoxy) is 1. The van der Waals surface area contributed by atoms with Crippen LogP contribution in [0.5, 0.6) is 5.75 Å². The number of hydrogen-bond acceptors (Lipinski definition) is 6. The van der Waals surface area contributed by atoms with Crippen LogP contribution in [0.4, 0.5) is 10.1 Å². The number of aromatic nitrogens is 5. The first-order valence-corrected chi connectivity index (χ1v) is 14.8. The van der Waals surface area contributed by atoms with Gasteiger partial charge in [0.25, 0.3) is 5.91 Å². The molecule has 0 aliphatic heterocycles. The van der Waals surface area contributed by atoms with E-state index in [9.17, 15) is 9.18 Å². The van der Waals surface area contributed by atoms with Crippen LogP contribution in [-0.4, -0.2) is 63.2 Å². The molecule has 10 heteroatoms. The monoisotopic (exact) mass is 611 g/mol. The number of hydrogen-bond donors (Lipinski definition) is 3. The Labute approximate surface area is 264 Å². The number of amides is 1. The Morgan fingerprint density at radius 2 is 1.76 bits per heavy atom. The van der Waals surface area contributed by atoms with Gasteiger partial charge in [-0.1, -0.05) is 30.3 Å². The normalized spacial score (nSPS) is 11.4. The van der Waals surface area contributed by atoms with E-state index >= 15 is 0 Å². The molecule has 0 spiro atoms. The summed E-state index contributed by atoms with van der Waals surface area (Å²) in [5.41, 5.74) is 7.33. The zero-order valence-corrected chi connectivity index (χ0v) is 25.2. The lowest BCUT2D eigenvalue weighted by molar-refractivity contribution is 0.102. The van der Waals surface area contributed by atoms with Gasteiger partial charge in [0.2, 0.25) is 0 Å². The van der Waals surface area contributed by atoms with Crippen LogP contribution in [0.1, 0.15) is 10.4 Å². The molecule has 0 unspecified atom stereocenters. The molecule has 4 aromatic heterocycles. The van der Waals surface area contributed by atoms with Crippen molar-refractivity contribution in [1.82, 2.24) is 30.0 Å². The average Bonchev–Trinajstić information content (AvgIpc) is 3.69. The van der Waals surface area contributed by atoms with E-state index in [0.717, 1.165) is 38.7 Å². The van der Waals surface area contributed by atoms with Crippen LogP contribution in [0.15, 0.2) is 104 Å². The van der Waals surface area contributed by atoms with Crippen LogP contribution in [0.2, 0.25) is 0 Å². The summed E-state index contributed by atoms with van der Waals surface area (Å²) in [4.78, 5) is 27.2. The lowest BCUT2D eigenvalue weighted by Crippen LogP contribution is -2.19. The molecule has 228 valence electrons. The average molecular weight is 612 g/mol. The second kappa shape index (κ2) is 12.3. The first-order valence-electron chi connectivity index (χ1n) is 14.8. The lowest BCUT2D eigenvalue weighted by atomic mass is 10.0. The third-order valence-electron chi connectivity index (χ3n) is 7.70. The third-order valence-corrected chi connectivity index (χ3v) is 7.70. The molecule has 0 atom stereocenters. The number of halogens is 1. The van der Waals surface area contributed by atoms with Crippen molar-refractivity contribution in [3.8, 4) is 39.4 Å². The standard InChI is InChI=1S/C36H30FN7O2/c1-44(2)11-12-46-28-15-24(13-26(37)17-28)31-20-38-21-33-29(31)18-32(41-33)34-30-16-25(19-39-35(30)43-42-34)23-9-6-10-27(14-23)40-36(45)22-7-4-3-5-8-22/h3-10,13-21,41H,11-12H2,1-2H3,(H,40,45)(H,39,42,43). The van der Waals surface area contributed by atoms with Crippen LogP contribution in [0.3, 0.4) is 0 Å². The number of benzene rings is 3. The fourth-order valence-corrected chi connectivity index (χ4v) is 5.39. The van der Waals surface area contributed by atoms with Gasteiger partial charge in [0, 0.05) is 58.2 Å². The van der Waals surface area contributed by atoms with E-state index in [1.165, 1.54) is 12.1 Å². The maximum Gasteiger partial charge on any atom is 0.255 e. The Kier molecular flexibility index (Phi) is 7.69. The van der Waals surface area contributed by atoms with Gasteiger partial charge in [0.15, 0.2) is 5.65 Å². The number of pyridine rings is 2. The predicted octanol–water partition coefficient (Wildman–Crippen LogP) is 7.17. The summed E-state index contributed by atoms with van der Waals surface area (Å²) < 4.78 is 20.5. The van der Waals surface area contributed by atoms with Gasteiger partial charge in [-0.3, -0.25) is 14.9 Å². The summed E-state index contributed by atoms with van der Waals surface area (Å²) in [6.07, 6.45) is 5.24. The number of likely N-dealkylation sites (N-methyl/N-ethyl adjacent to an activating group) is 1. The van der Waals surface area contributed by atoms with Crippen molar-refractivity contribution in [2.75, 3.05) is 32.6 Å². The molecular formula is C36H30FN7O2. The van der Waals surface area contributed by atoms with E-state index in [1.807, 2.05) is 79.7 Å². The van der Waals surface area contributed by atoms with Crippen LogP contribution in [-0.2, 0) is 0 Å². The number of fused-ring (bicyclic) bond motifs is 2. The number of aromatic amines is 2. The topological polar surface area (TPSA) is 112 Å². The van der Waals surface area contributed by atoms with Crippen LogP contribution in [0.25, 0.3) is 55.6 Å². The summed E-state index contributed by atoms with van der Waals surface area (Å²) in [6.45, 7) is 1.16. The van der Waals surface area contributed by atoms with Crippen LogP contribution >= 0.6 is 0 Å². The van der Waals surface area contributed by atoms with Gasteiger partial charge in [-0.2, -0.15) is 5.10 Å². The highest BCUT2D eigenvalue weighted by atomic mass is 19.1. The Bertz CT molecular complexity index is 2190. The highest BCUT2D eigenvalue weighted by molar-refractivity contribution is 6.05. The minimum Gasteiger partial charge on any atom is -0.492 e. The molecule has 3 N–H and O–H groups in total. The number of carbonyl (C=O) groups excluding carboxylic acids is 1. The van der Waals surface area contributed by atoms with E-state index < -0.39 is 0 Å². The second-order valence-electron chi connectivity index (χ2n) is 11.3. The molecule has 0 aliphatic rings. The predicted molar refractivity (Wildman–Crippen MR) is 178 cm³/mol. The van der Waals surface area contributed by atoms with Gasteiger partial charge in [0.1, 0.15) is 23.9 Å². The van der Waals surface area contributed by atoms with E-state index in [-0.39, 0.29) is 11.7 Å². The van der Waals surface area contributed by atoms with Gasteiger partial charge < -0.3 is 19.9 Å². The molecule has 4 heterocycles. The summed E-state index contributed by atoms with van der Waals surface area (Å²) in [5, 5.41) is 12.3. The van der Waals surface area contributed by atoms with Crippen molar-refractivity contribution in [2.45, 2.75) is 0 Å². The molecule has 46 heavy (non-hydrogen) atoms. The molecule has 0 saturated heterocycles. The largest absolute Gasteiger partial charge is 0.492 e. The lowest BCUT2D eigenvalue weighted by Gasteiger charge is -2.12. The Morgan fingerprint density at radius 1 is 0.891 bits per heavy atom. The third kappa shape index (κ3) is 5.93. The van der Waals surface area contributed by atoms with E-state index in [4.69, 9.17) is 4.74 Å². The van der Waals surface area contributed by atoms with E-state index in [2.05, 4.69) is 30.5 Å². The summed E-state index contributed by atoms with van der Waals surface area (Å²) in [6, 6.07) is 25.5. The Hall–Kier alpha value is -5.87. The summed E-state index contributed by atoms with van der Waals surface area (Å²) in [7, 11) is 3.92. The van der Waals surface area contributed by atoms with Gasteiger partial charge >= 0.3 is 0 Å². The number of H-pyrrole nitrogens is 2. The zero-order chi connectivity index (χ0) is 31.6. The fourth-order valence-electron chi connectivity index (χ4n) is 5.39. The summed E-state index contributed by atoms with van der Waals surface area (Å²) >= 11 is 0. The summed E-state index contributed by atoms with van der Waals surface area (Å²) in [5.74, 6) is -0.0987. The van der Waals surface area contributed by atoms with Crippen molar-refractivity contribution in [3.05, 3.63) is 115 Å². The molecule has 0 radical (unpaired) electrons. The zero-order valence-electron chi connectivity index (χ0n) is 25.2. The van der Waals surface area contributed by atoms with Crippen LogP contribution in [0, 0.1) is 5.82 Å². The van der Waals surface area contributed by atoms with Gasteiger partial charge in [0.05, 0.1) is 17.4 Å². The highest BCUT2D eigenvalue weighted by Gasteiger charge is 2.17. The van der Waals surface area contributed by atoms with Crippen LogP contribution < -0.4 is 10.1 Å². The molecule has 7 rings (SSSR count). The van der Waals surface area contributed by atoms with Gasteiger partial charge in [-0.25, -0.2) is 9.37 Å². The molecule has 7 aromatic rings. The highest BCUT2D eigenvalue weighted by Crippen LogP contribution is 2.36. The minimum absolute atomic E-state index is 0.178. The van der Waals surface area contributed by atoms with Gasteiger partial charge in [-0.15, -0.1) is 0 Å². The van der Waals surface area contributed by atoms with Crippen molar-refractivity contribution in [1.29, 1.82) is 0 Å². The number of anilines is 1. The van der Waals surface area contributed by atoms with Crippen molar-refractivity contribution in [2.24, 2.45) is 0 Å². The number of nitrogens with one attached hydrogen (secondary N) is 3. The molecular weight excluding hydrogens is 581 g/mol. The van der Waals surface area contributed by atoms with Crippen molar-refractivity contribution < 1.29 is 13.9 Å². The first-order chi connectivity index (χ1) is 22.4. The molecule has 0 saturated carbocycles. The molecule has 3 aromatic carbocycles. The number of carbonyl (C=O) groups is 1. The molecule has 9 nitrogen and oxygen atoms in total. The Balaban J connectivity index is 1.21. The molecule has 0 aliphatic carbocycles. The SMILES string of the molecule is CN(C)CCOc1cc(F)cc(-c2cncc3[nH]c(-c4n[nH]c5ncc(-c6cccc(NC(=O)c7ccccc7)c6)cc45)cc23)c1. The quantitative estimate of drug-likeness (QED) is 0.160. The van der Waals surface area contributed by atoms with Crippen molar-refractivity contribution >= 4 is 33.5 Å². The Morgan fingerprint density at radius 3 is 2.61 bits per heavy atom. The first kappa shape index (κ1) is 28.9. The molecule has 1 amide bonds. The second-order valence-corrected chi connectivity index (χ2v) is 11.3. The molecule has 0 bridgehead atoms. The number of nitrogens with zero attached hydrogens (tertiary/aromatic N) is 4. The van der Waals surface area contributed by atoms with E-state index in [1.54, 1.807) is 30.7 Å². The fraction of sp³-hybridized carbons (Fsp3) is 0.111.